The number of allylic oxidation sites excluding steroid dienone is 1. The van der Waals surface area contributed by atoms with E-state index in [0.29, 0.717) is 11.1 Å². The number of ether oxygens (including phenoxy) is 1. The van der Waals surface area contributed by atoms with Crippen LogP contribution in [0.25, 0.3) is 16.3 Å². The van der Waals surface area contributed by atoms with E-state index in [0.717, 1.165) is 42.4 Å². The molecule has 2 aromatic carbocycles. The molecule has 1 saturated heterocycles. The van der Waals surface area contributed by atoms with Crippen molar-refractivity contribution in [2.75, 3.05) is 24.6 Å². The van der Waals surface area contributed by atoms with Crippen molar-refractivity contribution >= 4 is 27.9 Å². The van der Waals surface area contributed by atoms with Gasteiger partial charge in [0, 0.05) is 18.8 Å². The second kappa shape index (κ2) is 12.3. The molecule has 0 saturated carbocycles. The van der Waals surface area contributed by atoms with Crippen LogP contribution in [0.1, 0.15) is 39.2 Å². The third kappa shape index (κ3) is 5.86. The fourth-order valence-corrected chi connectivity index (χ4v) is 4.50. The molecule has 9 nitrogen and oxygen atoms in total. The zero-order valence-electron chi connectivity index (χ0n) is 20.9. The summed E-state index contributed by atoms with van der Waals surface area (Å²) in [6.07, 6.45) is -3.85. The minimum absolute atomic E-state index is 0.193. The zero-order chi connectivity index (χ0) is 26.4. The van der Waals surface area contributed by atoms with Crippen molar-refractivity contribution in [2.24, 2.45) is 0 Å². The number of fused-ring (bicyclic) bond motifs is 1. The SMILES string of the molecule is CCCN(CCC)c1ccc2cc(/C(C)=C(\C#N)C(=O)N[C@H]3C(O)O[C@H](CO)[C@@H](O)[C@@H]3O)ccc2c1. The number of carbonyl (C=O) groups is 1. The van der Waals surface area contributed by atoms with Gasteiger partial charge in [0.05, 0.1) is 6.61 Å². The Hall–Kier alpha value is -3.00. The summed E-state index contributed by atoms with van der Waals surface area (Å²) in [7, 11) is 0. The van der Waals surface area contributed by atoms with E-state index in [1.807, 2.05) is 30.3 Å². The lowest BCUT2D eigenvalue weighted by Crippen LogP contribution is -2.64. The number of rotatable bonds is 9. The number of anilines is 1. The standard InChI is InChI=1S/C27H35N3O6/c1-4-10-30(11-5-2)20-9-8-18-12-17(6-7-19(18)13-20)16(3)21(14-28)26(34)29-23-25(33)24(32)22(15-31)36-27(23)35/h6-9,12-13,22-25,27,31-33,35H,4-5,10-11,15H2,1-3H3,(H,29,34)/b21-16+/t22-,23-,24-,25-,27?/m1/s1. The lowest BCUT2D eigenvalue weighted by Gasteiger charge is -2.40. The van der Waals surface area contributed by atoms with Crippen molar-refractivity contribution in [2.45, 2.75) is 64.3 Å². The molecule has 1 heterocycles. The smallest absolute Gasteiger partial charge is 0.262 e. The van der Waals surface area contributed by atoms with Crippen molar-refractivity contribution < 1.29 is 30.0 Å². The second-order valence-corrected chi connectivity index (χ2v) is 9.07. The Labute approximate surface area is 211 Å². The molecule has 1 aliphatic rings. The van der Waals surface area contributed by atoms with Gasteiger partial charge in [-0.25, -0.2) is 0 Å². The van der Waals surface area contributed by atoms with Crippen molar-refractivity contribution in [3.05, 3.63) is 47.5 Å². The van der Waals surface area contributed by atoms with E-state index >= 15 is 0 Å². The molecule has 1 unspecified atom stereocenters. The first-order chi connectivity index (χ1) is 17.2. The van der Waals surface area contributed by atoms with Crippen molar-refractivity contribution in [3.8, 4) is 6.07 Å². The summed E-state index contributed by atoms with van der Waals surface area (Å²) in [5, 5.41) is 53.8. The van der Waals surface area contributed by atoms with Crippen LogP contribution in [0.5, 0.6) is 0 Å². The van der Waals surface area contributed by atoms with Crippen LogP contribution in [-0.4, -0.2) is 76.7 Å². The van der Waals surface area contributed by atoms with Crippen molar-refractivity contribution in [1.29, 1.82) is 5.26 Å². The predicted molar refractivity (Wildman–Crippen MR) is 137 cm³/mol. The maximum atomic E-state index is 12.9. The largest absolute Gasteiger partial charge is 0.394 e. The lowest BCUT2D eigenvalue weighted by atomic mass is 9.95. The van der Waals surface area contributed by atoms with Crippen LogP contribution in [0.2, 0.25) is 0 Å². The summed E-state index contributed by atoms with van der Waals surface area (Å²) < 4.78 is 5.07. The Morgan fingerprint density at radius 2 is 1.69 bits per heavy atom. The van der Waals surface area contributed by atoms with Gasteiger partial charge >= 0.3 is 0 Å². The summed E-state index contributed by atoms with van der Waals surface area (Å²) in [5.41, 5.74) is 2.07. The molecule has 5 N–H and O–H groups in total. The highest BCUT2D eigenvalue weighted by atomic mass is 16.6. The van der Waals surface area contributed by atoms with Crippen LogP contribution in [-0.2, 0) is 9.53 Å². The average molecular weight is 498 g/mol. The Balaban J connectivity index is 1.85. The fraction of sp³-hybridized carbons (Fsp3) is 0.481. The van der Waals surface area contributed by atoms with Gasteiger partial charge in [0.2, 0.25) is 0 Å². The van der Waals surface area contributed by atoms with Crippen LogP contribution in [0.15, 0.2) is 42.0 Å². The van der Waals surface area contributed by atoms with Gasteiger partial charge in [-0.15, -0.1) is 0 Å². The number of carbonyl (C=O) groups excluding carboxylic acids is 1. The molecule has 5 atom stereocenters. The lowest BCUT2D eigenvalue weighted by molar-refractivity contribution is -0.253. The summed E-state index contributed by atoms with van der Waals surface area (Å²) >= 11 is 0. The molecular formula is C27H35N3O6. The normalized spacial score (nSPS) is 24.7. The third-order valence-electron chi connectivity index (χ3n) is 6.52. The number of nitriles is 1. The highest BCUT2D eigenvalue weighted by Gasteiger charge is 2.44. The Morgan fingerprint density at radius 3 is 2.31 bits per heavy atom. The van der Waals surface area contributed by atoms with Crippen molar-refractivity contribution in [3.63, 3.8) is 0 Å². The molecule has 0 aromatic heterocycles. The van der Waals surface area contributed by atoms with E-state index in [1.165, 1.54) is 0 Å². The molecule has 9 heteroatoms. The molecule has 1 amide bonds. The molecular weight excluding hydrogens is 462 g/mol. The molecule has 0 spiro atoms. The number of nitrogens with zero attached hydrogens (tertiary/aromatic N) is 2. The number of hydrogen-bond acceptors (Lipinski definition) is 8. The molecule has 1 fully saturated rings. The van der Waals surface area contributed by atoms with Gasteiger partial charge in [0.15, 0.2) is 6.29 Å². The van der Waals surface area contributed by atoms with Crippen LogP contribution < -0.4 is 10.2 Å². The number of amides is 1. The fourth-order valence-electron chi connectivity index (χ4n) is 4.50. The van der Waals surface area contributed by atoms with Crippen LogP contribution in [0.3, 0.4) is 0 Å². The minimum Gasteiger partial charge on any atom is -0.394 e. The monoisotopic (exact) mass is 497 g/mol. The van der Waals surface area contributed by atoms with Crippen molar-refractivity contribution in [1.82, 2.24) is 5.32 Å². The topological polar surface area (TPSA) is 146 Å². The first kappa shape index (κ1) is 27.6. The van der Waals surface area contributed by atoms with E-state index < -0.39 is 43.2 Å². The number of aliphatic hydroxyl groups excluding tert-OH is 4. The van der Waals surface area contributed by atoms with Gasteiger partial charge in [-0.05, 0) is 59.9 Å². The van der Waals surface area contributed by atoms with E-state index in [-0.39, 0.29) is 5.57 Å². The highest BCUT2D eigenvalue weighted by Crippen LogP contribution is 2.28. The number of hydrogen-bond donors (Lipinski definition) is 5. The Bertz CT molecular complexity index is 1140. The maximum absolute atomic E-state index is 12.9. The number of benzene rings is 2. The highest BCUT2D eigenvalue weighted by molar-refractivity contribution is 6.05. The summed E-state index contributed by atoms with van der Waals surface area (Å²) in [6, 6.07) is 12.5. The Kier molecular flexibility index (Phi) is 9.43. The summed E-state index contributed by atoms with van der Waals surface area (Å²) in [5.74, 6) is -0.818. The molecule has 0 radical (unpaired) electrons. The first-order valence-corrected chi connectivity index (χ1v) is 12.3. The van der Waals surface area contributed by atoms with Crippen LogP contribution in [0.4, 0.5) is 5.69 Å². The average Bonchev–Trinajstić information content (AvgIpc) is 2.88. The first-order valence-electron chi connectivity index (χ1n) is 12.3. The number of nitrogens with one attached hydrogen (secondary N) is 1. The summed E-state index contributed by atoms with van der Waals surface area (Å²) in [4.78, 5) is 15.3. The van der Waals surface area contributed by atoms with E-state index in [1.54, 1.807) is 6.92 Å². The number of aliphatic hydroxyl groups is 4. The van der Waals surface area contributed by atoms with Crippen LogP contribution >= 0.6 is 0 Å². The minimum atomic E-state index is -1.67. The van der Waals surface area contributed by atoms with Gasteiger partial charge in [0.1, 0.15) is 36.0 Å². The molecule has 0 bridgehead atoms. The maximum Gasteiger partial charge on any atom is 0.262 e. The van der Waals surface area contributed by atoms with E-state index in [2.05, 4.69) is 36.2 Å². The molecule has 2 aromatic rings. The molecule has 0 aliphatic carbocycles. The molecule has 36 heavy (non-hydrogen) atoms. The van der Waals surface area contributed by atoms with Gasteiger partial charge in [0.25, 0.3) is 5.91 Å². The zero-order valence-corrected chi connectivity index (χ0v) is 20.9. The molecule has 3 rings (SSSR count). The van der Waals surface area contributed by atoms with Gasteiger partial charge in [-0.2, -0.15) is 5.26 Å². The van der Waals surface area contributed by atoms with Crippen LogP contribution in [0, 0.1) is 11.3 Å². The predicted octanol–water partition coefficient (Wildman–Crippen LogP) is 1.68. The van der Waals surface area contributed by atoms with Gasteiger partial charge < -0.3 is 35.4 Å². The molecule has 194 valence electrons. The van der Waals surface area contributed by atoms with Gasteiger partial charge in [-0.1, -0.05) is 32.0 Å². The third-order valence-corrected chi connectivity index (χ3v) is 6.52. The quantitative estimate of drug-likeness (QED) is 0.260. The molecule has 1 aliphatic heterocycles. The van der Waals surface area contributed by atoms with Gasteiger partial charge in [-0.3, -0.25) is 4.79 Å². The summed E-state index contributed by atoms with van der Waals surface area (Å²) in [6.45, 7) is 7.31. The Morgan fingerprint density at radius 1 is 1.06 bits per heavy atom. The van der Waals surface area contributed by atoms with E-state index in [9.17, 15) is 30.5 Å². The second-order valence-electron chi connectivity index (χ2n) is 9.07. The van der Waals surface area contributed by atoms with E-state index in [4.69, 9.17) is 4.74 Å².